The van der Waals surface area contributed by atoms with Gasteiger partial charge >= 0.3 is 0 Å². The summed E-state index contributed by atoms with van der Waals surface area (Å²) in [6, 6.07) is 6.61. The van der Waals surface area contributed by atoms with Crippen LogP contribution in [0.4, 0.5) is 0 Å². The first-order valence-corrected chi connectivity index (χ1v) is 9.76. The van der Waals surface area contributed by atoms with Gasteiger partial charge in [-0.15, -0.1) is 0 Å². The molecule has 1 unspecified atom stereocenters. The van der Waals surface area contributed by atoms with E-state index in [0.29, 0.717) is 0 Å². The Bertz CT molecular complexity index is 752. The lowest BCUT2D eigenvalue weighted by Gasteiger charge is -2.49. The van der Waals surface area contributed by atoms with Gasteiger partial charge < -0.3 is 10.1 Å². The van der Waals surface area contributed by atoms with Crippen LogP contribution in [0.15, 0.2) is 27.7 Å². The minimum atomic E-state index is -0.400. The molecule has 3 nitrogen and oxygen atoms in total. The summed E-state index contributed by atoms with van der Waals surface area (Å²) in [5.41, 5.74) is 3.31. The summed E-state index contributed by atoms with van der Waals surface area (Å²) in [7, 11) is 1.83. The Balaban J connectivity index is 1.83. The Morgan fingerprint density at radius 1 is 1.25 bits per heavy atom. The zero-order valence-electron chi connectivity index (χ0n) is 14.4. The topological polar surface area (TPSA) is 33.6 Å². The third kappa shape index (κ3) is 2.17. The van der Waals surface area contributed by atoms with E-state index in [4.69, 9.17) is 21.9 Å². The van der Waals surface area contributed by atoms with Gasteiger partial charge in [0, 0.05) is 22.6 Å². The number of nitrogens with zero attached hydrogens (tertiary/aromatic N) is 1. The van der Waals surface area contributed by atoms with Crippen LogP contribution in [0.25, 0.3) is 0 Å². The summed E-state index contributed by atoms with van der Waals surface area (Å²) in [6.45, 7) is 4.25. The lowest BCUT2D eigenvalue weighted by atomic mass is 9.63. The van der Waals surface area contributed by atoms with Crippen LogP contribution in [0.2, 0.25) is 0 Å². The summed E-state index contributed by atoms with van der Waals surface area (Å²) < 4.78 is 6.88. The van der Waals surface area contributed by atoms with E-state index in [1.54, 1.807) is 0 Å². The van der Waals surface area contributed by atoms with Crippen LogP contribution in [0.5, 0.6) is 0 Å². The number of methoxy groups -OCH3 is 1. The van der Waals surface area contributed by atoms with Crippen molar-refractivity contribution in [3.8, 4) is 0 Å². The molecule has 1 aliphatic heterocycles. The number of fused-ring (bicyclic) bond motifs is 3. The fraction of sp³-hybridized carbons (Fsp3) is 0.579. The maximum absolute atomic E-state index is 5.78. The smallest absolute Gasteiger partial charge is 0.162 e. The van der Waals surface area contributed by atoms with Crippen molar-refractivity contribution < 1.29 is 4.74 Å². The average Bonchev–Trinajstić information content (AvgIpc) is 3.00. The van der Waals surface area contributed by atoms with Crippen molar-refractivity contribution in [2.45, 2.75) is 57.2 Å². The highest BCUT2D eigenvalue weighted by molar-refractivity contribution is 9.10. The molecule has 1 N–H and O–H groups in total. The minimum absolute atomic E-state index is 0.0142. The Hall–Kier alpha value is -0.780. The van der Waals surface area contributed by atoms with Crippen molar-refractivity contribution in [2.75, 3.05) is 7.11 Å². The molecule has 1 fully saturated rings. The zero-order chi connectivity index (χ0) is 17.2. The summed E-state index contributed by atoms with van der Waals surface area (Å²) in [5.74, 6) is 0. The van der Waals surface area contributed by atoms with Gasteiger partial charge in [0.05, 0.1) is 11.3 Å². The molecular weight excluding hydrogens is 384 g/mol. The molecule has 1 heterocycles. The van der Waals surface area contributed by atoms with Gasteiger partial charge in [0.25, 0.3) is 0 Å². The van der Waals surface area contributed by atoms with Gasteiger partial charge in [-0.1, -0.05) is 34.2 Å². The van der Waals surface area contributed by atoms with E-state index < -0.39 is 5.66 Å². The van der Waals surface area contributed by atoms with Crippen molar-refractivity contribution >= 4 is 38.8 Å². The number of aliphatic imine (C=N–C) groups is 1. The van der Waals surface area contributed by atoms with Crippen LogP contribution in [0, 0.1) is 5.41 Å². The van der Waals surface area contributed by atoms with E-state index in [2.05, 4.69) is 46.4 Å². The molecule has 4 rings (SSSR count). The molecule has 24 heavy (non-hydrogen) atoms. The van der Waals surface area contributed by atoms with Gasteiger partial charge in [0.2, 0.25) is 0 Å². The molecule has 0 radical (unpaired) electrons. The number of ether oxygens (including phenoxy) is 1. The molecule has 0 amide bonds. The number of rotatable bonds is 1. The first-order chi connectivity index (χ1) is 11.3. The van der Waals surface area contributed by atoms with Crippen molar-refractivity contribution in [3.05, 3.63) is 33.8 Å². The molecule has 1 saturated carbocycles. The van der Waals surface area contributed by atoms with Crippen LogP contribution in [0.1, 0.15) is 50.7 Å². The van der Waals surface area contributed by atoms with E-state index in [-0.39, 0.29) is 11.0 Å². The molecule has 128 valence electrons. The number of benzene rings is 1. The summed E-state index contributed by atoms with van der Waals surface area (Å²) in [6.07, 6.45) is 5.36. The quantitative estimate of drug-likeness (QED) is 0.696. The molecular formula is C19H23BrN2OS. The number of halogens is 1. The number of hydrogen-bond donors (Lipinski definition) is 1. The number of hydrogen-bond acceptors (Lipinski definition) is 3. The molecule has 0 saturated heterocycles. The summed E-state index contributed by atoms with van der Waals surface area (Å²) in [4.78, 5) is 5.93. The van der Waals surface area contributed by atoms with Crippen molar-refractivity contribution in [1.29, 1.82) is 0 Å². The normalized spacial score (nSPS) is 37.7. The van der Waals surface area contributed by atoms with Gasteiger partial charge in [-0.2, -0.15) is 0 Å². The van der Waals surface area contributed by atoms with Gasteiger partial charge in [0.15, 0.2) is 5.66 Å². The van der Waals surface area contributed by atoms with Gasteiger partial charge in [-0.3, -0.25) is 4.99 Å². The predicted octanol–water partition coefficient (Wildman–Crippen LogP) is 4.52. The van der Waals surface area contributed by atoms with Crippen LogP contribution >= 0.6 is 28.1 Å². The first kappa shape index (κ1) is 16.7. The second-order valence-electron chi connectivity index (χ2n) is 7.77. The highest BCUT2D eigenvalue weighted by atomic mass is 79.9. The minimum Gasteiger partial charge on any atom is -0.379 e. The van der Waals surface area contributed by atoms with Crippen LogP contribution < -0.4 is 5.32 Å². The summed E-state index contributed by atoms with van der Waals surface area (Å²) in [5, 5.41) is 3.63. The third-order valence-electron chi connectivity index (χ3n) is 6.47. The molecule has 5 heteroatoms. The van der Waals surface area contributed by atoms with E-state index in [1.807, 2.05) is 14.0 Å². The SMILES string of the molecule is CO[C@]1(C)CC[C@]2(CC1)Cc1ccc(Br)cc1C21N=C(C)C(=S)N1. The van der Waals surface area contributed by atoms with Crippen molar-refractivity contribution in [2.24, 2.45) is 10.4 Å². The first-order valence-electron chi connectivity index (χ1n) is 8.56. The monoisotopic (exact) mass is 406 g/mol. The van der Waals surface area contributed by atoms with Crippen LogP contribution in [0.3, 0.4) is 0 Å². The Morgan fingerprint density at radius 3 is 2.54 bits per heavy atom. The van der Waals surface area contributed by atoms with Crippen molar-refractivity contribution in [3.63, 3.8) is 0 Å². The molecule has 0 aromatic heterocycles. The van der Waals surface area contributed by atoms with Gasteiger partial charge in [-0.25, -0.2) is 0 Å². The van der Waals surface area contributed by atoms with Gasteiger partial charge in [-0.05, 0) is 63.6 Å². The molecule has 1 aromatic carbocycles. The second-order valence-corrected chi connectivity index (χ2v) is 9.10. The Kier molecular flexibility index (Phi) is 3.72. The molecule has 2 spiro atoms. The fourth-order valence-electron chi connectivity index (χ4n) is 4.78. The highest BCUT2D eigenvalue weighted by Crippen LogP contribution is 2.61. The van der Waals surface area contributed by atoms with Gasteiger partial charge in [0.1, 0.15) is 4.99 Å². The van der Waals surface area contributed by atoms with E-state index >= 15 is 0 Å². The van der Waals surface area contributed by atoms with E-state index in [9.17, 15) is 0 Å². The third-order valence-corrected chi connectivity index (χ3v) is 7.36. The molecule has 2 aliphatic carbocycles. The second kappa shape index (κ2) is 5.36. The van der Waals surface area contributed by atoms with Crippen molar-refractivity contribution in [1.82, 2.24) is 5.32 Å². The Morgan fingerprint density at radius 2 is 1.96 bits per heavy atom. The predicted molar refractivity (Wildman–Crippen MR) is 105 cm³/mol. The molecule has 0 bridgehead atoms. The lowest BCUT2D eigenvalue weighted by Crippen LogP contribution is -2.54. The maximum Gasteiger partial charge on any atom is 0.162 e. The average molecular weight is 407 g/mol. The molecule has 1 aromatic rings. The van der Waals surface area contributed by atoms with Crippen LogP contribution in [-0.4, -0.2) is 23.4 Å². The largest absolute Gasteiger partial charge is 0.379 e. The summed E-state index contributed by atoms with van der Waals surface area (Å²) >= 11 is 9.19. The Labute approximate surface area is 157 Å². The molecule has 3 aliphatic rings. The van der Waals surface area contributed by atoms with Crippen LogP contribution in [-0.2, 0) is 16.8 Å². The lowest BCUT2D eigenvalue weighted by molar-refractivity contribution is -0.0708. The zero-order valence-corrected chi connectivity index (χ0v) is 16.8. The maximum atomic E-state index is 5.78. The molecule has 1 atom stereocenters. The number of nitrogens with one attached hydrogen (secondary N) is 1. The standard InChI is InChI=1S/C19H23BrN2OS/c1-12-16(24)22-19(21-12)15-10-14(20)5-4-13(15)11-18(19)8-6-17(2,23-3)7-9-18/h4-5,10H,6-9,11H2,1-3H3,(H,22,24)/t17-,18+,19?. The highest BCUT2D eigenvalue weighted by Gasteiger charge is 2.62. The fourth-order valence-corrected chi connectivity index (χ4v) is 5.34. The van der Waals surface area contributed by atoms with E-state index in [0.717, 1.165) is 47.3 Å². The van der Waals surface area contributed by atoms with E-state index in [1.165, 1.54) is 11.1 Å². The number of thiocarbonyl (C=S) groups is 1.